The number of rotatable bonds is 2. The summed E-state index contributed by atoms with van der Waals surface area (Å²) in [4.78, 5) is 0. The van der Waals surface area contributed by atoms with E-state index in [9.17, 15) is 18.6 Å². The molecule has 2 saturated carbocycles. The van der Waals surface area contributed by atoms with Gasteiger partial charge in [-0.05, 0) is 78.5 Å². The second-order valence-electron chi connectivity index (χ2n) is 8.20. The first-order chi connectivity index (χ1) is 11.7. The van der Waals surface area contributed by atoms with E-state index in [1.807, 2.05) is 12.1 Å². The molecule has 3 aliphatic rings. The maximum Gasteiger partial charge on any atom is 0.357 e. The van der Waals surface area contributed by atoms with Crippen molar-refractivity contribution in [3.05, 3.63) is 29.3 Å². The van der Waals surface area contributed by atoms with Crippen LogP contribution in [0.5, 0.6) is 0 Å². The lowest BCUT2D eigenvalue weighted by molar-refractivity contribution is -0.0505. The predicted molar refractivity (Wildman–Crippen MR) is 93.6 cm³/mol. The van der Waals surface area contributed by atoms with Crippen molar-refractivity contribution in [2.75, 3.05) is 4.72 Å². The highest BCUT2D eigenvalue weighted by Crippen LogP contribution is 2.60. The monoisotopic (exact) mass is 367 g/mol. The van der Waals surface area contributed by atoms with Gasteiger partial charge in [-0.25, -0.2) is 0 Å². The summed E-state index contributed by atoms with van der Waals surface area (Å²) in [6.45, 7) is 2.11. The maximum atomic E-state index is 11.0. The Morgan fingerprint density at radius 3 is 2.72 bits per heavy atom. The molecular weight excluding hydrogens is 342 g/mol. The van der Waals surface area contributed by atoms with E-state index < -0.39 is 22.5 Å². The maximum absolute atomic E-state index is 11.0. The summed E-state index contributed by atoms with van der Waals surface area (Å²) >= 11 is 0. The Morgan fingerprint density at radius 2 is 2.00 bits per heavy atom. The van der Waals surface area contributed by atoms with Crippen LogP contribution in [-0.4, -0.2) is 35.4 Å². The highest BCUT2D eigenvalue weighted by atomic mass is 32.2. The minimum absolute atomic E-state index is 0.204. The smallest absolute Gasteiger partial charge is 0.357 e. The van der Waals surface area contributed by atoms with Gasteiger partial charge in [0.2, 0.25) is 0 Å². The van der Waals surface area contributed by atoms with Gasteiger partial charge in [0.15, 0.2) is 0 Å². The second kappa shape index (κ2) is 5.67. The van der Waals surface area contributed by atoms with E-state index in [1.165, 1.54) is 5.56 Å². The van der Waals surface area contributed by atoms with Gasteiger partial charge in [-0.3, -0.25) is 9.27 Å². The average molecular weight is 367 g/mol. The minimum Gasteiger partial charge on any atom is -0.390 e. The molecule has 4 N–H and O–H groups in total. The Morgan fingerprint density at radius 1 is 1.24 bits per heavy atom. The van der Waals surface area contributed by atoms with Crippen LogP contribution in [0.25, 0.3) is 0 Å². The molecule has 2 fully saturated rings. The Labute approximate surface area is 148 Å². The fourth-order valence-corrected chi connectivity index (χ4v) is 6.21. The van der Waals surface area contributed by atoms with Crippen LogP contribution in [0, 0.1) is 17.3 Å². The highest BCUT2D eigenvalue weighted by Gasteiger charge is 2.57. The number of fused-ring (bicyclic) bond motifs is 5. The largest absolute Gasteiger partial charge is 0.390 e. The zero-order valence-electron chi connectivity index (χ0n) is 14.2. The molecule has 1 aromatic rings. The standard InChI is InChI=1S/C18H25NO5S/c1-18-7-6-13-12-5-3-11(19-25(22,23)24)8-10(12)2-4-14(13)15(18)9-16(20)17(18)21/h3,5,8,13-17,19-21H,2,4,6-7,9H2,1H3,(H,22,23,24)/t13?,14?,15?,16-,17+,18+/m1/s1. The molecule has 0 heterocycles. The van der Waals surface area contributed by atoms with Crippen molar-refractivity contribution in [1.29, 1.82) is 0 Å². The molecule has 0 aromatic heterocycles. The fourth-order valence-electron chi connectivity index (χ4n) is 5.78. The van der Waals surface area contributed by atoms with Crippen LogP contribution >= 0.6 is 0 Å². The Hall–Kier alpha value is -1.15. The first-order valence-electron chi connectivity index (χ1n) is 8.93. The molecule has 7 heteroatoms. The Kier molecular flexibility index (Phi) is 3.92. The van der Waals surface area contributed by atoms with Gasteiger partial charge in [0.25, 0.3) is 0 Å². The van der Waals surface area contributed by atoms with Gasteiger partial charge in [0, 0.05) is 0 Å². The fraction of sp³-hybridized carbons (Fsp3) is 0.667. The molecule has 4 rings (SSSR count). The summed E-state index contributed by atoms with van der Waals surface area (Å²) in [7, 11) is -4.26. The van der Waals surface area contributed by atoms with Crippen LogP contribution in [0.1, 0.15) is 49.7 Å². The molecule has 0 saturated heterocycles. The number of hydrogen-bond acceptors (Lipinski definition) is 4. The zero-order chi connectivity index (χ0) is 18.0. The number of aryl methyl sites for hydroxylation is 1. The number of benzene rings is 1. The van der Waals surface area contributed by atoms with E-state index in [1.54, 1.807) is 6.07 Å². The van der Waals surface area contributed by atoms with Gasteiger partial charge in [0.05, 0.1) is 17.9 Å². The van der Waals surface area contributed by atoms with Gasteiger partial charge >= 0.3 is 10.3 Å². The minimum atomic E-state index is -4.26. The summed E-state index contributed by atoms with van der Waals surface area (Å²) in [6.07, 6.45) is 3.08. The Balaban J connectivity index is 1.64. The number of nitrogens with one attached hydrogen (secondary N) is 1. The van der Waals surface area contributed by atoms with E-state index in [0.29, 0.717) is 29.9 Å². The van der Waals surface area contributed by atoms with Crippen molar-refractivity contribution in [3.8, 4) is 0 Å². The predicted octanol–water partition coefficient (Wildman–Crippen LogP) is 2.09. The average Bonchev–Trinajstić information content (AvgIpc) is 2.76. The van der Waals surface area contributed by atoms with E-state index in [4.69, 9.17) is 4.55 Å². The lowest BCUT2D eigenvalue weighted by atomic mass is 9.55. The topological polar surface area (TPSA) is 107 Å². The molecule has 0 aliphatic heterocycles. The van der Waals surface area contributed by atoms with Gasteiger partial charge < -0.3 is 10.2 Å². The molecule has 0 bridgehead atoms. The lowest BCUT2D eigenvalue weighted by Gasteiger charge is -2.49. The number of anilines is 1. The summed E-state index contributed by atoms with van der Waals surface area (Å²) in [6, 6.07) is 5.47. The van der Waals surface area contributed by atoms with Crippen LogP contribution in [0.2, 0.25) is 0 Å². The number of aliphatic hydroxyl groups is 2. The number of aliphatic hydroxyl groups excluding tert-OH is 2. The molecule has 1 aromatic carbocycles. The van der Waals surface area contributed by atoms with Crippen molar-refractivity contribution in [2.45, 2.75) is 57.2 Å². The molecule has 3 unspecified atom stereocenters. The van der Waals surface area contributed by atoms with Crippen molar-refractivity contribution in [1.82, 2.24) is 0 Å². The van der Waals surface area contributed by atoms with Crippen molar-refractivity contribution < 1.29 is 23.2 Å². The lowest BCUT2D eigenvalue weighted by Crippen LogP contribution is -2.44. The van der Waals surface area contributed by atoms with Gasteiger partial charge in [-0.2, -0.15) is 8.42 Å². The summed E-state index contributed by atoms with van der Waals surface area (Å²) in [5.74, 6) is 1.15. The van der Waals surface area contributed by atoms with Crippen LogP contribution < -0.4 is 4.72 Å². The third kappa shape index (κ3) is 2.77. The molecule has 25 heavy (non-hydrogen) atoms. The van der Waals surface area contributed by atoms with E-state index in [-0.39, 0.29) is 5.41 Å². The van der Waals surface area contributed by atoms with Gasteiger partial charge in [0.1, 0.15) is 0 Å². The second-order valence-corrected chi connectivity index (χ2v) is 9.35. The first kappa shape index (κ1) is 17.3. The normalized spacial score (nSPS) is 40.1. The molecular formula is C18H25NO5S. The molecule has 0 amide bonds. The highest BCUT2D eigenvalue weighted by molar-refractivity contribution is 7.87. The van der Waals surface area contributed by atoms with Crippen molar-refractivity contribution >= 4 is 16.0 Å². The zero-order valence-corrected chi connectivity index (χ0v) is 15.0. The SMILES string of the molecule is C[C@]12CCC3c4ccc(NS(=O)(=O)O)cc4CCC3C1C[C@@H](O)[C@@H]2O. The molecule has 0 spiro atoms. The summed E-state index contributed by atoms with van der Waals surface area (Å²) in [5.41, 5.74) is 2.55. The van der Waals surface area contributed by atoms with E-state index in [0.717, 1.165) is 31.2 Å². The first-order valence-corrected chi connectivity index (χ1v) is 10.4. The van der Waals surface area contributed by atoms with Gasteiger partial charge in [-0.15, -0.1) is 0 Å². The van der Waals surface area contributed by atoms with E-state index >= 15 is 0 Å². The Bertz CT molecular complexity index is 795. The van der Waals surface area contributed by atoms with Crippen molar-refractivity contribution in [3.63, 3.8) is 0 Å². The molecule has 6 atom stereocenters. The molecule has 138 valence electrons. The third-order valence-corrected chi connectivity index (χ3v) is 7.44. The van der Waals surface area contributed by atoms with Crippen LogP contribution in [0.4, 0.5) is 5.69 Å². The van der Waals surface area contributed by atoms with Crippen LogP contribution in [0.3, 0.4) is 0 Å². The summed E-state index contributed by atoms with van der Waals surface area (Å²) in [5, 5.41) is 20.6. The molecule has 0 radical (unpaired) electrons. The summed E-state index contributed by atoms with van der Waals surface area (Å²) < 4.78 is 33.1. The van der Waals surface area contributed by atoms with Crippen LogP contribution in [0.15, 0.2) is 18.2 Å². The molecule has 6 nitrogen and oxygen atoms in total. The van der Waals surface area contributed by atoms with E-state index in [2.05, 4.69) is 11.6 Å². The quantitative estimate of drug-likeness (QED) is 0.599. The van der Waals surface area contributed by atoms with Crippen LogP contribution in [-0.2, 0) is 16.7 Å². The van der Waals surface area contributed by atoms with Gasteiger partial charge in [-0.1, -0.05) is 13.0 Å². The molecule has 3 aliphatic carbocycles. The third-order valence-electron chi connectivity index (χ3n) is 6.95. The number of hydrogen-bond donors (Lipinski definition) is 4. The van der Waals surface area contributed by atoms with Crippen molar-refractivity contribution in [2.24, 2.45) is 17.3 Å².